The van der Waals surface area contributed by atoms with E-state index in [1.165, 1.54) is 34.0 Å². The lowest BCUT2D eigenvalue weighted by atomic mass is 9.90. The summed E-state index contributed by atoms with van der Waals surface area (Å²) in [6.07, 6.45) is 5.19. The number of aliphatic hydroxyl groups is 1. The molecule has 6 rings (SSSR count). The number of ether oxygens (including phenoxy) is 2. The lowest BCUT2D eigenvalue weighted by Crippen LogP contribution is -2.34. The molecule has 4 atom stereocenters. The third-order valence-electron chi connectivity index (χ3n) is 8.77. The number of hydrogen-bond donors (Lipinski definition) is 3. The Balaban J connectivity index is 0.965. The molecule has 1 aliphatic heterocycles. The molecular weight excluding hydrogens is 634 g/mol. The molecule has 1 aliphatic rings. The quantitative estimate of drug-likeness (QED) is 0.133. The fourth-order valence-electron chi connectivity index (χ4n) is 6.23. The molecule has 0 amide bonds. The van der Waals surface area contributed by atoms with Gasteiger partial charge >= 0.3 is 5.69 Å². The van der Waals surface area contributed by atoms with Crippen molar-refractivity contribution in [3.05, 3.63) is 113 Å². The Morgan fingerprint density at radius 2 is 1.73 bits per heavy atom. The van der Waals surface area contributed by atoms with E-state index < -0.39 is 23.3 Å². The molecule has 0 saturated carbocycles. The SMILES string of the molecule is CC[C@@H]([C@H](C)O)n1ncn(-c2ccc(NCCNc3ccc(OC[C@H]4CC[C@](Cn5cncn5)(c5ccc(F)cc5F)O4)cc3)cc2)c1=O. The number of rotatable bonds is 15. The topological polar surface area (TPSA) is 133 Å². The Morgan fingerprint density at radius 1 is 1.02 bits per heavy atom. The van der Waals surface area contributed by atoms with Crippen LogP contribution in [0.3, 0.4) is 0 Å². The van der Waals surface area contributed by atoms with Crippen LogP contribution < -0.4 is 21.1 Å². The van der Waals surface area contributed by atoms with Crippen molar-refractivity contribution in [2.45, 2.75) is 63.5 Å². The van der Waals surface area contributed by atoms with E-state index in [4.69, 9.17) is 9.47 Å². The number of hydrogen-bond acceptors (Lipinski definition) is 9. The molecular formula is C35H40F2N8O4. The van der Waals surface area contributed by atoms with Gasteiger partial charge in [0.05, 0.1) is 30.5 Å². The Labute approximate surface area is 282 Å². The van der Waals surface area contributed by atoms with Crippen LogP contribution in [0.1, 0.15) is 44.7 Å². The second kappa shape index (κ2) is 15.0. The van der Waals surface area contributed by atoms with Crippen LogP contribution in [0.5, 0.6) is 5.75 Å². The van der Waals surface area contributed by atoms with Gasteiger partial charge in [-0.15, -0.1) is 0 Å². The summed E-state index contributed by atoms with van der Waals surface area (Å²) in [7, 11) is 0. The van der Waals surface area contributed by atoms with Crippen LogP contribution in [0.25, 0.3) is 5.69 Å². The first kappa shape index (κ1) is 33.8. The normalized spacial score (nSPS) is 18.7. The third-order valence-corrected chi connectivity index (χ3v) is 8.77. The highest BCUT2D eigenvalue weighted by molar-refractivity contribution is 5.50. The molecule has 1 fully saturated rings. The summed E-state index contributed by atoms with van der Waals surface area (Å²) in [5.74, 6) is -0.624. The highest BCUT2D eigenvalue weighted by Gasteiger charge is 2.44. The van der Waals surface area contributed by atoms with Crippen molar-refractivity contribution in [1.29, 1.82) is 0 Å². The summed E-state index contributed by atoms with van der Waals surface area (Å²) < 4.78 is 45.4. The van der Waals surface area contributed by atoms with Crippen LogP contribution in [-0.4, -0.2) is 66.1 Å². The van der Waals surface area contributed by atoms with E-state index in [0.717, 1.165) is 17.4 Å². The number of aromatic nitrogens is 6. The van der Waals surface area contributed by atoms with Crippen LogP contribution in [0, 0.1) is 11.6 Å². The summed E-state index contributed by atoms with van der Waals surface area (Å²) in [5, 5.41) is 25.1. The van der Waals surface area contributed by atoms with Crippen molar-refractivity contribution in [3.8, 4) is 11.4 Å². The Bertz CT molecular complexity index is 1860. The van der Waals surface area contributed by atoms with Crippen LogP contribution in [0.4, 0.5) is 20.2 Å². The first-order valence-electron chi connectivity index (χ1n) is 16.4. The standard InChI is InChI=1S/C35H40F2N8O4/c1-3-33(24(2)46)45-34(47)44(23-42-45)28-9-5-26(6-10-28)39-16-17-40-27-7-11-29(12-8-27)48-19-30-14-15-35(49-30,20-43-22-38-21-41-43)31-13-4-25(36)18-32(31)37/h4-13,18,21-24,30,33,39-40,46H,3,14-17,19-20H2,1-2H3/t24-,30+,33-,35-/m0/s1. The number of nitrogens with one attached hydrogen (secondary N) is 2. The molecule has 3 aromatic carbocycles. The van der Waals surface area contributed by atoms with Gasteiger partial charge in [0.2, 0.25) is 0 Å². The molecule has 0 spiro atoms. The molecule has 0 unspecified atom stereocenters. The minimum atomic E-state index is -1.02. The maximum absolute atomic E-state index is 14.9. The molecule has 14 heteroatoms. The monoisotopic (exact) mass is 674 g/mol. The molecule has 12 nitrogen and oxygen atoms in total. The molecule has 3 N–H and O–H groups in total. The van der Waals surface area contributed by atoms with Crippen molar-refractivity contribution < 1.29 is 23.4 Å². The van der Waals surface area contributed by atoms with Gasteiger partial charge in [0, 0.05) is 36.1 Å². The molecule has 1 saturated heterocycles. The highest BCUT2D eigenvalue weighted by atomic mass is 19.1. The molecule has 3 heterocycles. The summed E-state index contributed by atoms with van der Waals surface area (Å²) in [6, 6.07) is 18.3. The van der Waals surface area contributed by atoms with E-state index in [1.54, 1.807) is 17.9 Å². The van der Waals surface area contributed by atoms with Crippen molar-refractivity contribution in [2.24, 2.45) is 0 Å². The summed E-state index contributed by atoms with van der Waals surface area (Å²) in [5.41, 5.74) is 1.50. The highest BCUT2D eigenvalue weighted by Crippen LogP contribution is 2.42. The first-order valence-corrected chi connectivity index (χ1v) is 16.4. The molecule has 258 valence electrons. The van der Waals surface area contributed by atoms with Gasteiger partial charge in [0.15, 0.2) is 0 Å². The first-order chi connectivity index (χ1) is 23.7. The van der Waals surface area contributed by atoms with Crippen molar-refractivity contribution in [1.82, 2.24) is 29.1 Å². The van der Waals surface area contributed by atoms with Crippen molar-refractivity contribution in [3.63, 3.8) is 0 Å². The zero-order valence-electron chi connectivity index (χ0n) is 27.4. The number of nitrogens with zero attached hydrogens (tertiary/aromatic N) is 6. The molecule has 2 aromatic heterocycles. The largest absolute Gasteiger partial charge is 0.491 e. The predicted molar refractivity (Wildman–Crippen MR) is 180 cm³/mol. The average molecular weight is 675 g/mol. The van der Waals surface area contributed by atoms with Crippen molar-refractivity contribution >= 4 is 11.4 Å². The van der Waals surface area contributed by atoms with E-state index >= 15 is 0 Å². The number of anilines is 2. The molecule has 0 bridgehead atoms. The van der Waals surface area contributed by atoms with Crippen molar-refractivity contribution in [2.75, 3.05) is 30.3 Å². The Hall–Kier alpha value is -5.08. The zero-order chi connectivity index (χ0) is 34.4. The maximum Gasteiger partial charge on any atom is 0.350 e. The van der Waals surface area contributed by atoms with E-state index in [-0.39, 0.29) is 36.6 Å². The van der Waals surface area contributed by atoms with Gasteiger partial charge in [0.25, 0.3) is 0 Å². The second-order valence-electron chi connectivity index (χ2n) is 12.2. The fraction of sp³-hybridized carbons (Fsp3) is 0.371. The lowest BCUT2D eigenvalue weighted by molar-refractivity contribution is -0.0734. The fourth-order valence-corrected chi connectivity index (χ4v) is 6.23. The molecule has 5 aromatic rings. The van der Waals surface area contributed by atoms with Gasteiger partial charge < -0.3 is 25.2 Å². The number of benzene rings is 3. The van der Waals surface area contributed by atoms with Gasteiger partial charge in [-0.1, -0.05) is 13.0 Å². The van der Waals surface area contributed by atoms with Crippen LogP contribution in [-0.2, 0) is 16.9 Å². The number of halogens is 2. The average Bonchev–Trinajstić information content (AvgIpc) is 3.85. The van der Waals surface area contributed by atoms with E-state index in [9.17, 15) is 18.7 Å². The Kier molecular flexibility index (Phi) is 10.3. The van der Waals surface area contributed by atoms with E-state index in [0.29, 0.717) is 43.8 Å². The molecule has 0 radical (unpaired) electrons. The Morgan fingerprint density at radius 3 is 2.37 bits per heavy atom. The molecule has 0 aliphatic carbocycles. The van der Waals surface area contributed by atoms with E-state index in [1.807, 2.05) is 55.5 Å². The smallest absolute Gasteiger partial charge is 0.350 e. The van der Waals surface area contributed by atoms with Gasteiger partial charge in [-0.3, -0.25) is 0 Å². The summed E-state index contributed by atoms with van der Waals surface area (Å²) >= 11 is 0. The van der Waals surface area contributed by atoms with Gasteiger partial charge in [-0.25, -0.2) is 32.5 Å². The van der Waals surface area contributed by atoms with E-state index in [2.05, 4.69) is 25.8 Å². The lowest BCUT2D eigenvalue weighted by Gasteiger charge is -2.30. The molecule has 49 heavy (non-hydrogen) atoms. The minimum absolute atomic E-state index is 0.241. The number of aliphatic hydroxyl groups excluding tert-OH is 1. The summed E-state index contributed by atoms with van der Waals surface area (Å²) in [6.45, 7) is 5.40. The second-order valence-corrected chi connectivity index (χ2v) is 12.2. The minimum Gasteiger partial charge on any atom is -0.491 e. The van der Waals surface area contributed by atoms with Crippen LogP contribution >= 0.6 is 0 Å². The van der Waals surface area contributed by atoms with Crippen LogP contribution in [0.2, 0.25) is 0 Å². The summed E-state index contributed by atoms with van der Waals surface area (Å²) in [4.78, 5) is 16.8. The third kappa shape index (κ3) is 7.81. The van der Waals surface area contributed by atoms with Crippen LogP contribution in [0.15, 0.2) is 90.5 Å². The van der Waals surface area contributed by atoms with Gasteiger partial charge in [0.1, 0.15) is 48.6 Å². The zero-order valence-corrected chi connectivity index (χ0v) is 27.4. The maximum atomic E-state index is 14.9. The van der Waals surface area contributed by atoms with Gasteiger partial charge in [-0.2, -0.15) is 10.2 Å². The predicted octanol–water partition coefficient (Wildman–Crippen LogP) is 4.91. The van der Waals surface area contributed by atoms with Gasteiger partial charge in [-0.05, 0) is 80.8 Å².